The third-order valence-corrected chi connectivity index (χ3v) is 3.10. The predicted molar refractivity (Wildman–Crippen MR) is 71.4 cm³/mol. The molecule has 0 atom stereocenters. The number of hydrogen-bond acceptors (Lipinski definition) is 6. The Hall–Kier alpha value is -1.73. The van der Waals surface area contributed by atoms with Crippen molar-refractivity contribution < 1.29 is 9.66 Å². The van der Waals surface area contributed by atoms with Crippen molar-refractivity contribution in [2.75, 3.05) is 44.7 Å². The van der Waals surface area contributed by atoms with Crippen molar-refractivity contribution in [3.8, 4) is 0 Å². The monoisotopic (exact) mass is 266 g/mol. The molecule has 0 amide bonds. The molecule has 1 aromatic heterocycles. The van der Waals surface area contributed by atoms with Crippen molar-refractivity contribution in [1.29, 1.82) is 0 Å². The zero-order chi connectivity index (χ0) is 13.7. The minimum absolute atomic E-state index is 0.0243. The van der Waals surface area contributed by atoms with Gasteiger partial charge in [0.05, 0.1) is 18.1 Å². The predicted octanol–water partition coefficient (Wildman–Crippen LogP) is 1.04. The van der Waals surface area contributed by atoms with Crippen LogP contribution in [-0.2, 0) is 4.74 Å². The summed E-state index contributed by atoms with van der Waals surface area (Å²) in [5.41, 5.74) is 0.812. The fraction of sp³-hybridized carbons (Fsp3) is 0.583. The van der Waals surface area contributed by atoms with Crippen molar-refractivity contribution in [2.45, 2.75) is 6.92 Å². The SMILES string of the molecule is Cc1cc([N+](=O)[O-])cnc1NCCN1CCOCC1. The second kappa shape index (κ2) is 6.44. The van der Waals surface area contributed by atoms with Gasteiger partial charge in [-0.3, -0.25) is 15.0 Å². The molecule has 7 heteroatoms. The van der Waals surface area contributed by atoms with Crippen molar-refractivity contribution >= 4 is 11.5 Å². The number of pyridine rings is 1. The summed E-state index contributed by atoms with van der Waals surface area (Å²) in [4.78, 5) is 16.6. The van der Waals surface area contributed by atoms with Gasteiger partial charge in [-0.2, -0.15) is 0 Å². The second-order valence-electron chi connectivity index (χ2n) is 4.50. The highest BCUT2D eigenvalue weighted by molar-refractivity contribution is 5.48. The molecule has 1 fully saturated rings. The molecule has 0 saturated carbocycles. The highest BCUT2D eigenvalue weighted by Crippen LogP contribution is 2.17. The molecular formula is C12H18N4O3. The smallest absolute Gasteiger partial charge is 0.287 e. The van der Waals surface area contributed by atoms with Crippen LogP contribution in [0.3, 0.4) is 0 Å². The number of nitro groups is 1. The van der Waals surface area contributed by atoms with Crippen LogP contribution in [0.25, 0.3) is 0 Å². The fourth-order valence-corrected chi connectivity index (χ4v) is 2.00. The molecule has 104 valence electrons. The Morgan fingerprint density at radius 1 is 1.53 bits per heavy atom. The number of morpholine rings is 1. The van der Waals surface area contributed by atoms with Crippen LogP contribution >= 0.6 is 0 Å². The minimum atomic E-state index is -0.433. The third-order valence-electron chi connectivity index (χ3n) is 3.10. The highest BCUT2D eigenvalue weighted by atomic mass is 16.6. The van der Waals surface area contributed by atoms with Gasteiger partial charge in [-0.05, 0) is 12.5 Å². The molecule has 19 heavy (non-hydrogen) atoms. The van der Waals surface area contributed by atoms with Gasteiger partial charge in [0.25, 0.3) is 5.69 Å². The Kier molecular flexibility index (Phi) is 4.64. The Morgan fingerprint density at radius 2 is 2.26 bits per heavy atom. The first-order chi connectivity index (χ1) is 9.16. The van der Waals surface area contributed by atoms with E-state index in [9.17, 15) is 10.1 Å². The first kappa shape index (κ1) is 13.7. The lowest BCUT2D eigenvalue weighted by Crippen LogP contribution is -2.39. The normalized spacial score (nSPS) is 16.3. The van der Waals surface area contributed by atoms with E-state index >= 15 is 0 Å². The standard InChI is InChI=1S/C12H18N4O3/c1-10-8-11(16(17)18)9-14-12(10)13-2-3-15-4-6-19-7-5-15/h8-9H,2-7H2,1H3,(H,13,14). The van der Waals surface area contributed by atoms with E-state index in [1.54, 1.807) is 0 Å². The van der Waals surface area contributed by atoms with E-state index in [0.717, 1.165) is 45.0 Å². The van der Waals surface area contributed by atoms with Gasteiger partial charge in [0.15, 0.2) is 0 Å². The van der Waals surface area contributed by atoms with E-state index in [0.29, 0.717) is 5.82 Å². The molecule has 2 rings (SSSR count). The van der Waals surface area contributed by atoms with Gasteiger partial charge in [0.2, 0.25) is 0 Å². The Labute approximate surface area is 111 Å². The van der Waals surface area contributed by atoms with Gasteiger partial charge in [-0.25, -0.2) is 4.98 Å². The Balaban J connectivity index is 1.83. The summed E-state index contributed by atoms with van der Waals surface area (Å²) in [6, 6.07) is 1.53. The van der Waals surface area contributed by atoms with Gasteiger partial charge in [0.1, 0.15) is 12.0 Å². The number of hydrogen-bond donors (Lipinski definition) is 1. The summed E-state index contributed by atoms with van der Waals surface area (Å²) in [6.07, 6.45) is 1.28. The van der Waals surface area contributed by atoms with E-state index < -0.39 is 4.92 Å². The molecule has 1 saturated heterocycles. The van der Waals surface area contributed by atoms with E-state index in [1.807, 2.05) is 6.92 Å². The van der Waals surface area contributed by atoms with E-state index in [2.05, 4.69) is 15.2 Å². The van der Waals surface area contributed by atoms with Gasteiger partial charge >= 0.3 is 0 Å². The minimum Gasteiger partial charge on any atom is -0.379 e. The number of rotatable bonds is 5. The van der Waals surface area contributed by atoms with E-state index in [1.165, 1.54) is 12.3 Å². The van der Waals surface area contributed by atoms with Crippen molar-refractivity contribution in [3.63, 3.8) is 0 Å². The molecule has 0 aromatic carbocycles. The maximum Gasteiger partial charge on any atom is 0.287 e. The average Bonchev–Trinajstić information content (AvgIpc) is 2.41. The summed E-state index contributed by atoms with van der Waals surface area (Å²) < 4.78 is 5.28. The number of nitrogens with zero attached hydrogens (tertiary/aromatic N) is 3. The first-order valence-corrected chi connectivity index (χ1v) is 6.32. The number of aryl methyl sites for hydroxylation is 1. The number of nitrogens with one attached hydrogen (secondary N) is 1. The molecule has 0 radical (unpaired) electrons. The summed E-state index contributed by atoms with van der Waals surface area (Å²) in [5, 5.41) is 13.8. The molecule has 0 unspecified atom stereocenters. The van der Waals surface area contributed by atoms with E-state index in [-0.39, 0.29) is 5.69 Å². The maximum atomic E-state index is 10.6. The van der Waals surface area contributed by atoms with Gasteiger partial charge in [-0.15, -0.1) is 0 Å². The lowest BCUT2D eigenvalue weighted by atomic mass is 10.2. The Bertz CT molecular complexity index is 447. The summed E-state index contributed by atoms with van der Waals surface area (Å²) >= 11 is 0. The molecule has 0 spiro atoms. The second-order valence-corrected chi connectivity index (χ2v) is 4.50. The topological polar surface area (TPSA) is 80.5 Å². The van der Waals surface area contributed by atoms with Crippen LogP contribution in [0, 0.1) is 17.0 Å². The number of anilines is 1. The molecule has 1 N–H and O–H groups in total. The largest absolute Gasteiger partial charge is 0.379 e. The van der Waals surface area contributed by atoms with Crippen molar-refractivity contribution in [1.82, 2.24) is 9.88 Å². The molecule has 1 aromatic rings. The van der Waals surface area contributed by atoms with Crippen LogP contribution in [0.4, 0.5) is 11.5 Å². The lowest BCUT2D eigenvalue weighted by molar-refractivity contribution is -0.385. The lowest BCUT2D eigenvalue weighted by Gasteiger charge is -2.26. The van der Waals surface area contributed by atoms with Crippen LogP contribution < -0.4 is 5.32 Å². The zero-order valence-corrected chi connectivity index (χ0v) is 11.0. The van der Waals surface area contributed by atoms with Crippen LogP contribution in [0.1, 0.15) is 5.56 Å². The molecule has 7 nitrogen and oxygen atoms in total. The van der Waals surface area contributed by atoms with Crippen molar-refractivity contribution in [3.05, 3.63) is 27.9 Å². The summed E-state index contributed by atoms with van der Waals surface area (Å²) in [5.74, 6) is 0.707. The number of ether oxygens (including phenoxy) is 1. The fourth-order valence-electron chi connectivity index (χ4n) is 2.00. The van der Waals surface area contributed by atoms with Crippen LogP contribution in [0.15, 0.2) is 12.3 Å². The molecule has 1 aliphatic rings. The number of aromatic nitrogens is 1. The summed E-state index contributed by atoms with van der Waals surface area (Å²) in [6.45, 7) is 6.98. The zero-order valence-electron chi connectivity index (χ0n) is 11.0. The molecular weight excluding hydrogens is 248 g/mol. The van der Waals surface area contributed by atoms with Crippen molar-refractivity contribution in [2.24, 2.45) is 0 Å². The quantitative estimate of drug-likeness (QED) is 0.633. The highest BCUT2D eigenvalue weighted by Gasteiger charge is 2.11. The maximum absolute atomic E-state index is 10.6. The average molecular weight is 266 g/mol. The van der Waals surface area contributed by atoms with Gasteiger partial charge in [0, 0.05) is 32.2 Å². The van der Waals surface area contributed by atoms with Gasteiger partial charge < -0.3 is 10.1 Å². The van der Waals surface area contributed by atoms with Gasteiger partial charge in [-0.1, -0.05) is 0 Å². The summed E-state index contributed by atoms with van der Waals surface area (Å²) in [7, 11) is 0. The van der Waals surface area contributed by atoms with Crippen LogP contribution in [0.2, 0.25) is 0 Å². The van der Waals surface area contributed by atoms with E-state index in [4.69, 9.17) is 4.74 Å². The molecule has 2 heterocycles. The van der Waals surface area contributed by atoms with Crippen LogP contribution in [-0.4, -0.2) is 54.2 Å². The first-order valence-electron chi connectivity index (χ1n) is 6.32. The van der Waals surface area contributed by atoms with Crippen LogP contribution in [0.5, 0.6) is 0 Å². The molecule has 0 bridgehead atoms. The molecule has 0 aliphatic carbocycles. The molecule has 1 aliphatic heterocycles. The Morgan fingerprint density at radius 3 is 2.89 bits per heavy atom. The third kappa shape index (κ3) is 3.87.